The predicted octanol–water partition coefficient (Wildman–Crippen LogP) is 2.65. The van der Waals surface area contributed by atoms with Crippen LogP contribution in [0.1, 0.15) is 30.0 Å². The first-order valence-electron chi connectivity index (χ1n) is 5.50. The van der Waals surface area contributed by atoms with Crippen molar-refractivity contribution in [3.05, 3.63) is 21.9 Å². The lowest BCUT2D eigenvalue weighted by Gasteiger charge is -2.15. The monoisotopic (exact) mass is 241 g/mol. The molecule has 3 nitrogen and oxygen atoms in total. The minimum atomic E-state index is -0.762. The van der Waals surface area contributed by atoms with Crippen molar-refractivity contribution >= 4 is 17.3 Å². The fourth-order valence-corrected chi connectivity index (χ4v) is 2.39. The summed E-state index contributed by atoms with van der Waals surface area (Å²) >= 11 is 1.70. The van der Waals surface area contributed by atoms with Gasteiger partial charge in [-0.3, -0.25) is 10.1 Å². The Morgan fingerprint density at radius 3 is 2.62 bits per heavy atom. The summed E-state index contributed by atoms with van der Waals surface area (Å²) in [6.07, 6.45) is 0.666. The van der Waals surface area contributed by atoms with Crippen molar-refractivity contribution in [3.63, 3.8) is 0 Å². The summed E-state index contributed by atoms with van der Waals surface area (Å²) in [6.45, 7) is 6.76. The van der Waals surface area contributed by atoms with Crippen LogP contribution in [0.4, 0.5) is 0 Å². The molecule has 90 valence electrons. The number of nitrogens with one attached hydrogen (secondary N) is 1. The number of aryl methyl sites for hydroxylation is 1. The van der Waals surface area contributed by atoms with Crippen LogP contribution in [0.5, 0.6) is 0 Å². The molecule has 0 unspecified atom stereocenters. The first-order valence-corrected chi connectivity index (χ1v) is 6.32. The first kappa shape index (κ1) is 13.2. The van der Waals surface area contributed by atoms with Crippen molar-refractivity contribution in [1.29, 1.82) is 0 Å². The minimum absolute atomic E-state index is 0.388. The van der Waals surface area contributed by atoms with Crippen LogP contribution in [0, 0.1) is 12.8 Å². The van der Waals surface area contributed by atoms with Crippen molar-refractivity contribution in [2.45, 2.75) is 39.8 Å². The quantitative estimate of drug-likeness (QED) is 0.805. The van der Waals surface area contributed by atoms with E-state index in [1.54, 1.807) is 11.3 Å². The molecule has 0 aliphatic heterocycles. The molecule has 16 heavy (non-hydrogen) atoms. The van der Waals surface area contributed by atoms with E-state index >= 15 is 0 Å². The fraction of sp³-hybridized carbons (Fsp3) is 0.583. The van der Waals surface area contributed by atoms with Crippen LogP contribution in [0.25, 0.3) is 0 Å². The van der Waals surface area contributed by atoms with Crippen LogP contribution in [-0.4, -0.2) is 17.1 Å². The van der Waals surface area contributed by atoms with Crippen LogP contribution in [-0.2, 0) is 11.3 Å². The van der Waals surface area contributed by atoms with Crippen LogP contribution in [0.2, 0.25) is 0 Å². The molecule has 1 aromatic heterocycles. The normalized spacial score (nSPS) is 13.0. The number of rotatable bonds is 6. The zero-order valence-corrected chi connectivity index (χ0v) is 10.8. The van der Waals surface area contributed by atoms with Gasteiger partial charge >= 0.3 is 5.97 Å². The Hall–Kier alpha value is -0.870. The van der Waals surface area contributed by atoms with E-state index in [1.165, 1.54) is 9.75 Å². The van der Waals surface area contributed by atoms with E-state index in [0.29, 0.717) is 18.9 Å². The van der Waals surface area contributed by atoms with Crippen LogP contribution in [0.15, 0.2) is 12.1 Å². The van der Waals surface area contributed by atoms with Crippen molar-refractivity contribution in [1.82, 2.24) is 5.32 Å². The van der Waals surface area contributed by atoms with E-state index in [4.69, 9.17) is 5.11 Å². The molecular weight excluding hydrogens is 222 g/mol. The highest BCUT2D eigenvalue weighted by Gasteiger charge is 2.17. The molecular formula is C12H19NO2S. The van der Waals surface area contributed by atoms with Gasteiger partial charge in [-0.2, -0.15) is 0 Å². The predicted molar refractivity (Wildman–Crippen MR) is 66.8 cm³/mol. The average molecular weight is 241 g/mol. The molecule has 0 saturated carbocycles. The van der Waals surface area contributed by atoms with Gasteiger partial charge in [-0.25, -0.2) is 0 Å². The molecule has 0 bridgehead atoms. The lowest BCUT2D eigenvalue weighted by molar-refractivity contribution is -0.139. The Morgan fingerprint density at radius 2 is 2.19 bits per heavy atom. The molecule has 0 spiro atoms. The second kappa shape index (κ2) is 6.01. The number of carboxylic acid groups (broad SMARTS) is 1. The molecule has 4 heteroatoms. The fourth-order valence-electron chi connectivity index (χ4n) is 1.55. The van der Waals surface area contributed by atoms with E-state index in [2.05, 4.69) is 18.3 Å². The molecule has 0 saturated heterocycles. The van der Waals surface area contributed by atoms with E-state index in [-0.39, 0.29) is 0 Å². The van der Waals surface area contributed by atoms with E-state index in [0.717, 1.165) is 0 Å². The molecule has 1 heterocycles. The second-order valence-electron chi connectivity index (χ2n) is 4.41. The molecule has 0 aromatic carbocycles. The maximum atomic E-state index is 11.0. The first-order chi connectivity index (χ1) is 7.49. The third kappa shape index (κ3) is 4.33. The summed E-state index contributed by atoms with van der Waals surface area (Å²) < 4.78 is 0. The third-order valence-corrected chi connectivity index (χ3v) is 3.32. The van der Waals surface area contributed by atoms with Gasteiger partial charge in [0.2, 0.25) is 0 Å². The summed E-state index contributed by atoms with van der Waals surface area (Å²) in [5, 5.41) is 12.1. The summed E-state index contributed by atoms with van der Waals surface area (Å²) in [7, 11) is 0. The Labute approximate surface area is 100 Å². The Kier molecular flexibility index (Phi) is 4.96. The van der Waals surface area contributed by atoms with E-state index < -0.39 is 12.0 Å². The standard InChI is InChI=1S/C12H19NO2S/c1-8(2)6-11(12(14)15)13-7-10-5-4-9(3)16-10/h4-5,8,11,13H,6-7H2,1-3H3,(H,14,15)/t11-/m0/s1. The number of thiophene rings is 1. The smallest absolute Gasteiger partial charge is 0.320 e. The molecule has 1 rings (SSSR count). The summed E-state index contributed by atoms with van der Waals surface area (Å²) in [5.41, 5.74) is 0. The highest BCUT2D eigenvalue weighted by molar-refractivity contribution is 7.11. The number of hydrogen-bond donors (Lipinski definition) is 2. The molecule has 1 aromatic rings. The molecule has 1 atom stereocenters. The Bertz CT molecular complexity index is 347. The molecule has 0 aliphatic carbocycles. The molecule has 0 radical (unpaired) electrons. The molecule has 0 amide bonds. The van der Waals surface area contributed by atoms with Gasteiger partial charge in [-0.1, -0.05) is 13.8 Å². The van der Waals surface area contributed by atoms with Crippen molar-refractivity contribution in [2.75, 3.05) is 0 Å². The van der Waals surface area contributed by atoms with E-state index in [9.17, 15) is 4.79 Å². The highest BCUT2D eigenvalue weighted by atomic mass is 32.1. The zero-order valence-electron chi connectivity index (χ0n) is 9.99. The number of carbonyl (C=O) groups is 1. The molecule has 2 N–H and O–H groups in total. The highest BCUT2D eigenvalue weighted by Crippen LogP contribution is 2.15. The largest absolute Gasteiger partial charge is 0.480 e. The maximum Gasteiger partial charge on any atom is 0.320 e. The van der Waals surface area contributed by atoms with Crippen LogP contribution < -0.4 is 5.32 Å². The summed E-state index contributed by atoms with van der Waals surface area (Å²) in [6, 6.07) is 3.66. The summed E-state index contributed by atoms with van der Waals surface area (Å²) in [5.74, 6) is -0.374. The van der Waals surface area contributed by atoms with E-state index in [1.807, 2.05) is 19.9 Å². The number of hydrogen-bond acceptors (Lipinski definition) is 3. The third-order valence-electron chi connectivity index (χ3n) is 2.32. The van der Waals surface area contributed by atoms with Gasteiger partial charge in [-0.15, -0.1) is 11.3 Å². The van der Waals surface area contributed by atoms with Gasteiger partial charge in [-0.05, 0) is 31.4 Å². The topological polar surface area (TPSA) is 49.3 Å². The summed E-state index contributed by atoms with van der Waals surface area (Å²) in [4.78, 5) is 13.4. The van der Waals surface area contributed by atoms with Crippen molar-refractivity contribution in [3.8, 4) is 0 Å². The van der Waals surface area contributed by atoms with Crippen molar-refractivity contribution < 1.29 is 9.90 Å². The lowest BCUT2D eigenvalue weighted by atomic mass is 10.0. The lowest BCUT2D eigenvalue weighted by Crippen LogP contribution is -2.37. The van der Waals surface area contributed by atoms with Gasteiger partial charge in [0.1, 0.15) is 6.04 Å². The van der Waals surface area contributed by atoms with Gasteiger partial charge in [0, 0.05) is 16.3 Å². The van der Waals surface area contributed by atoms with Crippen molar-refractivity contribution in [2.24, 2.45) is 5.92 Å². The zero-order chi connectivity index (χ0) is 12.1. The van der Waals surface area contributed by atoms with Gasteiger partial charge in [0.15, 0.2) is 0 Å². The van der Waals surface area contributed by atoms with Crippen LogP contribution >= 0.6 is 11.3 Å². The van der Waals surface area contributed by atoms with Crippen LogP contribution in [0.3, 0.4) is 0 Å². The number of carboxylic acids is 1. The number of aliphatic carboxylic acids is 1. The molecule has 0 fully saturated rings. The van der Waals surface area contributed by atoms with Gasteiger partial charge < -0.3 is 5.11 Å². The Morgan fingerprint density at radius 1 is 1.50 bits per heavy atom. The SMILES string of the molecule is Cc1ccc(CN[C@@H](CC(C)C)C(=O)O)s1. The average Bonchev–Trinajstić information content (AvgIpc) is 2.58. The van der Waals surface area contributed by atoms with Gasteiger partial charge in [0.25, 0.3) is 0 Å². The molecule has 0 aliphatic rings. The Balaban J connectivity index is 2.46. The maximum absolute atomic E-state index is 11.0. The van der Waals surface area contributed by atoms with Gasteiger partial charge in [0.05, 0.1) is 0 Å². The minimum Gasteiger partial charge on any atom is -0.480 e. The second-order valence-corrected chi connectivity index (χ2v) is 5.79.